The lowest BCUT2D eigenvalue weighted by Crippen LogP contribution is -2.40. The molecule has 1 unspecified atom stereocenters. The molecule has 0 N–H and O–H groups in total. The quantitative estimate of drug-likeness (QED) is 0.387. The number of hydrogen-bond acceptors (Lipinski definition) is 5. The number of likely N-dealkylation sites (N-methyl/N-ethyl adjacent to an activating group) is 1. The Morgan fingerprint density at radius 3 is 2.79 bits per heavy atom. The maximum absolute atomic E-state index is 6.21. The van der Waals surface area contributed by atoms with Crippen molar-refractivity contribution in [1.29, 1.82) is 0 Å². The molecule has 4 aromatic rings. The Morgan fingerprint density at radius 2 is 1.94 bits per heavy atom. The molecule has 0 aliphatic carbocycles. The number of benzene rings is 1. The molecule has 3 aromatic heterocycles. The molecule has 1 atom stereocenters. The van der Waals surface area contributed by atoms with Crippen LogP contribution in [0.1, 0.15) is 31.4 Å². The molecule has 176 valence electrons. The van der Waals surface area contributed by atoms with Crippen LogP contribution in [-0.4, -0.2) is 50.9 Å². The third-order valence-corrected chi connectivity index (χ3v) is 7.10. The molecule has 6 nitrogen and oxygen atoms in total. The lowest BCUT2D eigenvalue weighted by molar-refractivity contribution is 0.125. The van der Waals surface area contributed by atoms with Crippen molar-refractivity contribution in [3.05, 3.63) is 60.6 Å². The molecular weight excluding hydrogens is 446 g/mol. The van der Waals surface area contributed by atoms with Crippen LogP contribution in [0.15, 0.2) is 54.9 Å². The highest BCUT2D eigenvalue weighted by Crippen LogP contribution is 2.40. The van der Waals surface area contributed by atoms with Crippen molar-refractivity contribution in [3.8, 4) is 28.3 Å². The molecule has 0 spiro atoms. The molecule has 0 bridgehead atoms. The highest BCUT2D eigenvalue weighted by Gasteiger charge is 2.25. The number of rotatable bonds is 5. The van der Waals surface area contributed by atoms with E-state index in [1.807, 2.05) is 30.6 Å². The SMILES string of the molecule is CN1CCCCC1COc1ccc2c(-c3c(-c4ccccn4)nn4c3CCC4)ccnc2c1.Cl. The van der Waals surface area contributed by atoms with Crippen molar-refractivity contribution in [2.24, 2.45) is 0 Å². The van der Waals surface area contributed by atoms with Gasteiger partial charge in [0.2, 0.25) is 0 Å². The van der Waals surface area contributed by atoms with Gasteiger partial charge in [-0.3, -0.25) is 14.6 Å². The van der Waals surface area contributed by atoms with Crippen molar-refractivity contribution >= 4 is 23.3 Å². The molecule has 0 saturated carbocycles. The fourth-order valence-electron chi connectivity index (χ4n) is 5.28. The number of pyridine rings is 2. The van der Waals surface area contributed by atoms with E-state index in [0.29, 0.717) is 6.04 Å². The molecule has 2 aliphatic rings. The van der Waals surface area contributed by atoms with Gasteiger partial charge >= 0.3 is 0 Å². The summed E-state index contributed by atoms with van der Waals surface area (Å²) in [5, 5.41) is 6.08. The Balaban J connectivity index is 0.00000241. The predicted octanol–water partition coefficient (Wildman–Crippen LogP) is 5.39. The summed E-state index contributed by atoms with van der Waals surface area (Å²) in [5.41, 5.74) is 6.48. The number of aromatic nitrogens is 4. The number of piperidine rings is 1. The molecule has 1 saturated heterocycles. The van der Waals surface area contributed by atoms with Crippen molar-refractivity contribution in [2.75, 3.05) is 20.2 Å². The normalized spacial score (nSPS) is 18.0. The first-order valence-corrected chi connectivity index (χ1v) is 12.0. The van der Waals surface area contributed by atoms with Gasteiger partial charge in [0.1, 0.15) is 18.1 Å². The summed E-state index contributed by atoms with van der Waals surface area (Å²) in [6.07, 6.45) is 9.68. The van der Waals surface area contributed by atoms with Crippen LogP contribution in [0.3, 0.4) is 0 Å². The number of fused-ring (bicyclic) bond motifs is 2. The van der Waals surface area contributed by atoms with E-state index < -0.39 is 0 Å². The number of ether oxygens (including phenoxy) is 1. The zero-order valence-electron chi connectivity index (χ0n) is 19.5. The summed E-state index contributed by atoms with van der Waals surface area (Å²) in [5.74, 6) is 0.885. The molecule has 6 rings (SSSR count). The van der Waals surface area contributed by atoms with Crippen LogP contribution in [0.25, 0.3) is 33.4 Å². The minimum atomic E-state index is 0. The second-order valence-corrected chi connectivity index (χ2v) is 9.19. The van der Waals surface area contributed by atoms with Gasteiger partial charge in [0.05, 0.1) is 11.2 Å². The summed E-state index contributed by atoms with van der Waals surface area (Å²) in [4.78, 5) is 11.7. The average molecular weight is 476 g/mol. The Labute approximate surface area is 206 Å². The maximum atomic E-state index is 6.21. The third-order valence-electron chi connectivity index (χ3n) is 7.10. The third kappa shape index (κ3) is 4.17. The number of halogens is 1. The van der Waals surface area contributed by atoms with Gasteiger partial charge < -0.3 is 9.64 Å². The fraction of sp³-hybridized carbons (Fsp3) is 0.370. The minimum absolute atomic E-state index is 0. The zero-order chi connectivity index (χ0) is 22.2. The van der Waals surface area contributed by atoms with Gasteiger partial charge in [-0.25, -0.2) is 0 Å². The maximum Gasteiger partial charge on any atom is 0.121 e. The Morgan fingerprint density at radius 1 is 1.00 bits per heavy atom. The molecule has 0 radical (unpaired) electrons. The van der Waals surface area contributed by atoms with Crippen LogP contribution in [0.4, 0.5) is 0 Å². The second kappa shape index (κ2) is 9.72. The number of hydrogen-bond donors (Lipinski definition) is 0. The van der Waals surface area contributed by atoms with E-state index in [4.69, 9.17) is 9.84 Å². The fourth-order valence-corrected chi connectivity index (χ4v) is 5.28. The van der Waals surface area contributed by atoms with Gasteiger partial charge in [-0.15, -0.1) is 12.4 Å². The first kappa shape index (κ1) is 22.8. The molecule has 1 fully saturated rings. The summed E-state index contributed by atoms with van der Waals surface area (Å²) < 4.78 is 8.37. The zero-order valence-corrected chi connectivity index (χ0v) is 20.3. The van der Waals surface area contributed by atoms with Crippen molar-refractivity contribution in [1.82, 2.24) is 24.6 Å². The van der Waals surface area contributed by atoms with Crippen molar-refractivity contribution in [2.45, 2.75) is 44.7 Å². The first-order chi connectivity index (χ1) is 16.3. The Kier molecular flexibility index (Phi) is 6.53. The van der Waals surface area contributed by atoms with Crippen LogP contribution in [0, 0.1) is 0 Å². The lowest BCUT2D eigenvalue weighted by atomic mass is 9.96. The van der Waals surface area contributed by atoms with Gasteiger partial charge in [-0.05, 0) is 75.2 Å². The first-order valence-electron chi connectivity index (χ1n) is 12.0. The van der Waals surface area contributed by atoms with Crippen LogP contribution < -0.4 is 4.74 Å². The summed E-state index contributed by atoms with van der Waals surface area (Å²) in [6.45, 7) is 2.85. The van der Waals surface area contributed by atoms with E-state index >= 15 is 0 Å². The topological polar surface area (TPSA) is 56.1 Å². The van der Waals surface area contributed by atoms with Gasteiger partial charge in [0.15, 0.2) is 0 Å². The molecule has 2 aliphatic heterocycles. The van der Waals surface area contributed by atoms with E-state index in [1.54, 1.807) is 0 Å². The average Bonchev–Trinajstić information content (AvgIpc) is 3.45. The monoisotopic (exact) mass is 475 g/mol. The van der Waals surface area contributed by atoms with Crippen LogP contribution in [-0.2, 0) is 13.0 Å². The van der Waals surface area contributed by atoms with Crippen LogP contribution >= 0.6 is 12.4 Å². The second-order valence-electron chi connectivity index (χ2n) is 9.19. The standard InChI is InChI=1S/C27H29N5O.ClH/c1-31-15-5-3-7-19(31)18-33-20-10-11-21-22(12-14-29-24(21)17-20)26-25-9-6-16-32(25)30-27(26)23-8-2-4-13-28-23;/h2,4,8,10-14,17,19H,3,5-7,9,15-16,18H2,1H3;1H. The molecule has 5 heterocycles. The number of aryl methyl sites for hydroxylation is 1. The van der Waals surface area contributed by atoms with E-state index in [2.05, 4.69) is 50.9 Å². The summed E-state index contributed by atoms with van der Waals surface area (Å²) in [6, 6.07) is 14.9. The van der Waals surface area contributed by atoms with Gasteiger partial charge in [-0.2, -0.15) is 5.10 Å². The largest absolute Gasteiger partial charge is 0.492 e. The van der Waals surface area contributed by atoms with Gasteiger partial charge in [0.25, 0.3) is 0 Å². The lowest BCUT2D eigenvalue weighted by Gasteiger charge is -2.32. The molecule has 7 heteroatoms. The summed E-state index contributed by atoms with van der Waals surface area (Å²) >= 11 is 0. The smallest absolute Gasteiger partial charge is 0.121 e. The number of nitrogens with zero attached hydrogens (tertiary/aromatic N) is 5. The van der Waals surface area contributed by atoms with E-state index in [-0.39, 0.29) is 12.4 Å². The predicted molar refractivity (Wildman–Crippen MR) is 138 cm³/mol. The van der Waals surface area contributed by atoms with Crippen molar-refractivity contribution in [3.63, 3.8) is 0 Å². The van der Waals surface area contributed by atoms with E-state index in [0.717, 1.165) is 60.6 Å². The highest BCUT2D eigenvalue weighted by atomic mass is 35.5. The van der Waals surface area contributed by atoms with E-state index in [1.165, 1.54) is 36.1 Å². The summed E-state index contributed by atoms with van der Waals surface area (Å²) in [7, 11) is 2.20. The molecule has 34 heavy (non-hydrogen) atoms. The van der Waals surface area contributed by atoms with Gasteiger partial charge in [-0.1, -0.05) is 12.5 Å². The Hall–Kier alpha value is -2.96. The van der Waals surface area contributed by atoms with E-state index in [9.17, 15) is 0 Å². The van der Waals surface area contributed by atoms with Gasteiger partial charge in [0, 0.05) is 47.7 Å². The van der Waals surface area contributed by atoms with Crippen molar-refractivity contribution < 1.29 is 4.74 Å². The highest BCUT2D eigenvalue weighted by molar-refractivity contribution is 5.99. The molecule has 1 aromatic carbocycles. The Bertz CT molecular complexity index is 1290. The number of likely N-dealkylation sites (tertiary alicyclic amines) is 1. The molecular formula is C27H30ClN5O. The van der Waals surface area contributed by atoms with Crippen LogP contribution in [0.2, 0.25) is 0 Å². The minimum Gasteiger partial charge on any atom is -0.492 e. The molecule has 0 amide bonds. The van der Waals surface area contributed by atoms with Crippen LogP contribution in [0.5, 0.6) is 5.75 Å².